The predicted octanol–water partition coefficient (Wildman–Crippen LogP) is 1.40. The lowest BCUT2D eigenvalue weighted by molar-refractivity contribution is 0.739. The molecule has 0 fully saturated rings. The predicted molar refractivity (Wildman–Crippen MR) is 68.7 cm³/mol. The number of nitrogens with zero attached hydrogens (tertiary/aromatic N) is 1. The summed E-state index contributed by atoms with van der Waals surface area (Å²) < 4.78 is 1.46. The van der Waals surface area contributed by atoms with Crippen LogP contribution < -0.4 is 11.3 Å². The van der Waals surface area contributed by atoms with Gasteiger partial charge in [0.2, 0.25) is 0 Å². The molecule has 4 heteroatoms. The maximum atomic E-state index is 11.8. The Labute approximate surface area is 100 Å². The van der Waals surface area contributed by atoms with E-state index in [9.17, 15) is 4.79 Å². The highest BCUT2D eigenvalue weighted by atomic mass is 16.1. The molecule has 17 heavy (non-hydrogen) atoms. The van der Waals surface area contributed by atoms with Gasteiger partial charge in [0.05, 0.1) is 11.3 Å². The van der Waals surface area contributed by atoms with Crippen LogP contribution in [0.4, 0.5) is 0 Å². The highest BCUT2D eigenvalue weighted by molar-refractivity contribution is 5.63. The average Bonchev–Trinajstić information content (AvgIpc) is 2.65. The zero-order chi connectivity index (χ0) is 12.4. The Morgan fingerprint density at radius 1 is 1.29 bits per heavy atom. The average molecular weight is 231 g/mol. The molecular formula is C13H17N3O. The molecule has 0 saturated heterocycles. The van der Waals surface area contributed by atoms with Gasteiger partial charge in [-0.05, 0) is 17.5 Å². The van der Waals surface area contributed by atoms with E-state index >= 15 is 0 Å². The van der Waals surface area contributed by atoms with Gasteiger partial charge >= 0.3 is 0 Å². The lowest BCUT2D eigenvalue weighted by atomic mass is 10.1. The SMILES string of the molecule is CCc1ccc(-c2[nH]n(C)c(=O)c2CN)cc1. The number of nitrogens with two attached hydrogens (primary N) is 1. The van der Waals surface area contributed by atoms with Crippen LogP contribution in [0.1, 0.15) is 18.1 Å². The number of nitrogens with one attached hydrogen (secondary N) is 1. The number of aryl methyl sites for hydroxylation is 2. The largest absolute Gasteiger partial charge is 0.326 e. The van der Waals surface area contributed by atoms with Gasteiger partial charge in [-0.1, -0.05) is 31.2 Å². The van der Waals surface area contributed by atoms with E-state index in [0.717, 1.165) is 17.7 Å². The number of rotatable bonds is 3. The van der Waals surface area contributed by atoms with Crippen LogP contribution in [-0.2, 0) is 20.0 Å². The van der Waals surface area contributed by atoms with Gasteiger partial charge in [0.25, 0.3) is 5.56 Å². The molecule has 0 amide bonds. The first-order valence-electron chi connectivity index (χ1n) is 5.74. The van der Waals surface area contributed by atoms with Crippen molar-refractivity contribution in [2.75, 3.05) is 0 Å². The first-order chi connectivity index (χ1) is 8.17. The smallest absolute Gasteiger partial charge is 0.271 e. The van der Waals surface area contributed by atoms with Crippen molar-refractivity contribution in [2.24, 2.45) is 12.8 Å². The number of aromatic amines is 1. The monoisotopic (exact) mass is 231 g/mol. The van der Waals surface area contributed by atoms with Crippen molar-refractivity contribution < 1.29 is 0 Å². The molecule has 2 rings (SSSR count). The first kappa shape index (κ1) is 11.7. The molecule has 0 unspecified atom stereocenters. The minimum atomic E-state index is -0.0536. The van der Waals surface area contributed by atoms with Gasteiger partial charge in [0, 0.05) is 13.6 Å². The van der Waals surface area contributed by atoms with Crippen LogP contribution in [0, 0.1) is 0 Å². The summed E-state index contributed by atoms with van der Waals surface area (Å²) in [6.45, 7) is 2.37. The van der Waals surface area contributed by atoms with Crippen LogP contribution in [0.2, 0.25) is 0 Å². The number of hydrogen-bond donors (Lipinski definition) is 2. The van der Waals surface area contributed by atoms with Crippen molar-refractivity contribution in [1.29, 1.82) is 0 Å². The molecule has 1 aromatic carbocycles. The highest BCUT2D eigenvalue weighted by Crippen LogP contribution is 2.19. The summed E-state index contributed by atoms with van der Waals surface area (Å²) in [6.07, 6.45) is 1.01. The zero-order valence-electron chi connectivity index (χ0n) is 10.2. The molecule has 0 aliphatic rings. The van der Waals surface area contributed by atoms with Gasteiger partial charge in [-0.3, -0.25) is 14.6 Å². The summed E-state index contributed by atoms with van der Waals surface area (Å²) in [5.74, 6) is 0. The van der Waals surface area contributed by atoms with E-state index in [0.29, 0.717) is 5.56 Å². The maximum absolute atomic E-state index is 11.8. The van der Waals surface area contributed by atoms with E-state index in [1.165, 1.54) is 10.2 Å². The Bertz CT molecular complexity index is 563. The standard InChI is InChI=1S/C13H17N3O/c1-3-9-4-6-10(7-5-9)12-11(8-14)13(17)16(2)15-12/h4-7,15H,3,8,14H2,1-2H3. The summed E-state index contributed by atoms with van der Waals surface area (Å²) in [5.41, 5.74) is 9.31. The topological polar surface area (TPSA) is 63.8 Å². The molecule has 0 atom stereocenters. The van der Waals surface area contributed by atoms with Crippen LogP contribution in [0.3, 0.4) is 0 Å². The van der Waals surface area contributed by atoms with E-state index < -0.39 is 0 Å². The van der Waals surface area contributed by atoms with Crippen molar-refractivity contribution in [1.82, 2.24) is 9.78 Å². The molecule has 4 nitrogen and oxygen atoms in total. The third-order valence-electron chi connectivity index (χ3n) is 3.00. The maximum Gasteiger partial charge on any atom is 0.271 e. The fourth-order valence-corrected chi connectivity index (χ4v) is 1.93. The summed E-state index contributed by atoms with van der Waals surface area (Å²) in [5, 5.41) is 3.04. The molecule has 3 N–H and O–H groups in total. The van der Waals surface area contributed by atoms with Crippen molar-refractivity contribution in [3.05, 3.63) is 45.7 Å². The fraction of sp³-hybridized carbons (Fsp3) is 0.308. The third-order valence-corrected chi connectivity index (χ3v) is 3.00. The molecule has 90 valence electrons. The van der Waals surface area contributed by atoms with Crippen molar-refractivity contribution in [2.45, 2.75) is 19.9 Å². The van der Waals surface area contributed by atoms with Crippen molar-refractivity contribution in [3.8, 4) is 11.3 Å². The molecule has 0 bridgehead atoms. The highest BCUT2D eigenvalue weighted by Gasteiger charge is 2.12. The van der Waals surface area contributed by atoms with E-state index in [2.05, 4.69) is 24.2 Å². The van der Waals surface area contributed by atoms with Crippen LogP contribution in [0.5, 0.6) is 0 Å². The molecule has 0 aliphatic heterocycles. The van der Waals surface area contributed by atoms with E-state index in [-0.39, 0.29) is 12.1 Å². The summed E-state index contributed by atoms with van der Waals surface area (Å²) in [4.78, 5) is 11.8. The van der Waals surface area contributed by atoms with Crippen LogP contribution in [0.15, 0.2) is 29.1 Å². The molecule has 1 aromatic heterocycles. The molecule has 2 aromatic rings. The Balaban J connectivity index is 2.52. The van der Waals surface area contributed by atoms with Crippen LogP contribution in [-0.4, -0.2) is 9.78 Å². The Morgan fingerprint density at radius 3 is 2.47 bits per heavy atom. The minimum absolute atomic E-state index is 0.0536. The number of aromatic nitrogens is 2. The molecule has 0 spiro atoms. The van der Waals surface area contributed by atoms with Gasteiger partial charge in [0.1, 0.15) is 0 Å². The number of benzene rings is 1. The Morgan fingerprint density at radius 2 is 1.94 bits per heavy atom. The lowest BCUT2D eigenvalue weighted by Gasteiger charge is -2.02. The molecule has 1 heterocycles. The van der Waals surface area contributed by atoms with Gasteiger partial charge in [-0.15, -0.1) is 0 Å². The van der Waals surface area contributed by atoms with Gasteiger partial charge in [0.15, 0.2) is 0 Å². The second-order valence-electron chi connectivity index (χ2n) is 4.08. The number of hydrogen-bond acceptors (Lipinski definition) is 2. The minimum Gasteiger partial charge on any atom is -0.326 e. The van der Waals surface area contributed by atoms with Gasteiger partial charge in [-0.25, -0.2) is 0 Å². The molecule has 0 saturated carbocycles. The Kier molecular flexibility index (Phi) is 3.15. The quantitative estimate of drug-likeness (QED) is 0.838. The first-order valence-corrected chi connectivity index (χ1v) is 5.74. The van der Waals surface area contributed by atoms with Gasteiger partial charge in [-0.2, -0.15) is 0 Å². The fourth-order valence-electron chi connectivity index (χ4n) is 1.93. The van der Waals surface area contributed by atoms with Crippen LogP contribution in [0.25, 0.3) is 11.3 Å². The normalized spacial score (nSPS) is 10.8. The van der Waals surface area contributed by atoms with Crippen LogP contribution >= 0.6 is 0 Å². The summed E-state index contributed by atoms with van der Waals surface area (Å²) in [7, 11) is 1.70. The zero-order valence-corrected chi connectivity index (χ0v) is 10.2. The van der Waals surface area contributed by atoms with E-state index in [4.69, 9.17) is 5.73 Å². The van der Waals surface area contributed by atoms with E-state index in [1.54, 1.807) is 7.05 Å². The molecular weight excluding hydrogens is 214 g/mol. The lowest BCUT2D eigenvalue weighted by Crippen LogP contribution is -2.17. The Hall–Kier alpha value is -1.81. The van der Waals surface area contributed by atoms with E-state index in [1.807, 2.05) is 12.1 Å². The second kappa shape index (κ2) is 4.59. The second-order valence-corrected chi connectivity index (χ2v) is 4.08. The number of H-pyrrole nitrogens is 1. The summed E-state index contributed by atoms with van der Waals surface area (Å²) in [6, 6.07) is 8.18. The van der Waals surface area contributed by atoms with Gasteiger partial charge < -0.3 is 5.73 Å². The van der Waals surface area contributed by atoms with Crippen molar-refractivity contribution in [3.63, 3.8) is 0 Å². The van der Waals surface area contributed by atoms with Crippen molar-refractivity contribution >= 4 is 0 Å². The molecule has 0 aliphatic carbocycles. The molecule has 0 radical (unpaired) electrons. The third kappa shape index (κ3) is 2.03. The summed E-state index contributed by atoms with van der Waals surface area (Å²) >= 11 is 0.